The molecule has 1 aliphatic carbocycles. The lowest BCUT2D eigenvalue weighted by atomic mass is 9.96. The third-order valence-electron chi connectivity index (χ3n) is 3.77. The summed E-state index contributed by atoms with van der Waals surface area (Å²) >= 11 is 0. The van der Waals surface area contributed by atoms with Gasteiger partial charge in [0.25, 0.3) is 0 Å². The Balaban J connectivity index is 1.90. The van der Waals surface area contributed by atoms with Gasteiger partial charge in [0.2, 0.25) is 5.95 Å². The number of aryl methyl sites for hydroxylation is 1. The number of hydrogen-bond acceptors (Lipinski definition) is 5. The average Bonchev–Trinajstić information content (AvgIpc) is 2.44. The second-order valence-electron chi connectivity index (χ2n) is 5.26. The average molecular weight is 257 g/mol. The maximum absolute atomic E-state index is 5.85. The van der Waals surface area contributed by atoms with E-state index in [1.165, 1.54) is 32.1 Å². The molecule has 0 amide bonds. The van der Waals surface area contributed by atoms with Crippen molar-refractivity contribution in [2.75, 3.05) is 11.1 Å². The van der Waals surface area contributed by atoms with Crippen molar-refractivity contribution in [3.8, 4) is 0 Å². The summed E-state index contributed by atoms with van der Waals surface area (Å²) in [5, 5.41) is 4.26. The molecule has 1 aliphatic rings. The number of aromatic nitrogens is 3. The molecule has 5 nitrogen and oxygen atoms in total. The van der Waals surface area contributed by atoms with Crippen molar-refractivity contribution in [1.82, 2.24) is 15.0 Å². The highest BCUT2D eigenvalue weighted by Gasteiger charge is 2.14. The van der Waals surface area contributed by atoms with Gasteiger partial charge < -0.3 is 11.1 Å². The quantitative estimate of drug-likeness (QED) is 0.865. The highest BCUT2D eigenvalue weighted by molar-refractivity contribution is 5.89. The van der Waals surface area contributed by atoms with Gasteiger partial charge in [0.1, 0.15) is 5.82 Å². The first kappa shape index (κ1) is 12.1. The molecule has 3 N–H and O–H groups in total. The molecule has 0 unspecified atom stereocenters. The maximum Gasteiger partial charge on any atom is 0.223 e. The number of nitrogens with two attached hydrogens (primary N) is 1. The molecule has 0 aromatic carbocycles. The smallest absolute Gasteiger partial charge is 0.223 e. The van der Waals surface area contributed by atoms with Crippen molar-refractivity contribution >= 4 is 22.7 Å². The van der Waals surface area contributed by atoms with Crippen LogP contribution in [0.2, 0.25) is 0 Å². The van der Waals surface area contributed by atoms with E-state index in [0.717, 1.165) is 16.5 Å². The summed E-state index contributed by atoms with van der Waals surface area (Å²) in [6.45, 7) is 1.99. The van der Waals surface area contributed by atoms with Gasteiger partial charge in [0.15, 0.2) is 0 Å². The van der Waals surface area contributed by atoms with Crippen LogP contribution in [0.4, 0.5) is 11.8 Å². The minimum absolute atomic E-state index is 0.491. The lowest BCUT2D eigenvalue weighted by Gasteiger charge is -2.22. The Hall–Kier alpha value is -1.91. The summed E-state index contributed by atoms with van der Waals surface area (Å²) in [5.74, 6) is 1.19. The molecule has 0 saturated heterocycles. The van der Waals surface area contributed by atoms with E-state index in [1.54, 1.807) is 12.4 Å². The van der Waals surface area contributed by atoms with E-state index in [0.29, 0.717) is 17.8 Å². The molecule has 5 heteroatoms. The molecule has 0 spiro atoms. The first-order valence-corrected chi connectivity index (χ1v) is 6.88. The van der Waals surface area contributed by atoms with Gasteiger partial charge in [-0.3, -0.25) is 0 Å². The lowest BCUT2D eigenvalue weighted by Crippen LogP contribution is -2.23. The summed E-state index contributed by atoms with van der Waals surface area (Å²) in [6.07, 6.45) is 9.87. The van der Waals surface area contributed by atoms with Gasteiger partial charge in [-0.2, -0.15) is 0 Å². The molecule has 0 bridgehead atoms. The van der Waals surface area contributed by atoms with Gasteiger partial charge in [-0.1, -0.05) is 19.3 Å². The number of fused-ring (bicyclic) bond motifs is 1. The van der Waals surface area contributed by atoms with Crippen molar-refractivity contribution in [2.45, 2.75) is 45.1 Å². The van der Waals surface area contributed by atoms with E-state index < -0.39 is 0 Å². The molecule has 2 aromatic heterocycles. The zero-order chi connectivity index (χ0) is 13.2. The summed E-state index contributed by atoms with van der Waals surface area (Å²) < 4.78 is 0. The van der Waals surface area contributed by atoms with E-state index in [-0.39, 0.29) is 0 Å². The highest BCUT2D eigenvalue weighted by atomic mass is 15.1. The largest absolute Gasteiger partial charge is 0.383 e. The van der Waals surface area contributed by atoms with Crippen molar-refractivity contribution in [3.63, 3.8) is 0 Å². The zero-order valence-corrected chi connectivity index (χ0v) is 11.2. The Bertz CT molecular complexity index is 590. The third kappa shape index (κ3) is 2.45. The molecule has 19 heavy (non-hydrogen) atoms. The van der Waals surface area contributed by atoms with Crippen molar-refractivity contribution in [3.05, 3.63) is 18.0 Å². The Kier molecular flexibility index (Phi) is 3.19. The molecule has 0 aliphatic heterocycles. The maximum atomic E-state index is 5.85. The van der Waals surface area contributed by atoms with Crippen LogP contribution in [0.5, 0.6) is 0 Å². The summed E-state index contributed by atoms with van der Waals surface area (Å²) in [6, 6.07) is 0.505. The topological polar surface area (TPSA) is 76.7 Å². The number of hydrogen-bond donors (Lipinski definition) is 2. The molecular weight excluding hydrogens is 238 g/mol. The van der Waals surface area contributed by atoms with E-state index in [2.05, 4.69) is 20.3 Å². The first-order valence-electron chi connectivity index (χ1n) is 6.88. The normalized spacial score (nSPS) is 16.7. The summed E-state index contributed by atoms with van der Waals surface area (Å²) in [5.41, 5.74) is 7.76. The number of anilines is 2. The molecule has 2 aromatic rings. The molecule has 1 fully saturated rings. The van der Waals surface area contributed by atoms with Crippen LogP contribution in [0.3, 0.4) is 0 Å². The SMILES string of the molecule is Cc1cnc(N)c2cnc(NC3CCCCC3)nc12. The van der Waals surface area contributed by atoms with Crippen LogP contribution >= 0.6 is 0 Å². The predicted molar refractivity (Wildman–Crippen MR) is 77.0 cm³/mol. The van der Waals surface area contributed by atoms with Gasteiger partial charge in [0, 0.05) is 18.4 Å². The monoisotopic (exact) mass is 257 g/mol. The Morgan fingerprint density at radius 2 is 1.95 bits per heavy atom. The Morgan fingerprint density at radius 1 is 1.16 bits per heavy atom. The van der Waals surface area contributed by atoms with Crippen LogP contribution in [0.25, 0.3) is 10.9 Å². The first-order chi connectivity index (χ1) is 9.24. The van der Waals surface area contributed by atoms with E-state index in [1.807, 2.05) is 6.92 Å². The van der Waals surface area contributed by atoms with Crippen LogP contribution in [0, 0.1) is 6.92 Å². The van der Waals surface area contributed by atoms with Crippen LogP contribution < -0.4 is 11.1 Å². The van der Waals surface area contributed by atoms with Crippen molar-refractivity contribution in [2.24, 2.45) is 0 Å². The molecule has 100 valence electrons. The van der Waals surface area contributed by atoms with E-state index in [4.69, 9.17) is 5.73 Å². The minimum atomic E-state index is 0.491. The number of rotatable bonds is 2. The van der Waals surface area contributed by atoms with Gasteiger partial charge >= 0.3 is 0 Å². The van der Waals surface area contributed by atoms with Crippen LogP contribution in [0.15, 0.2) is 12.4 Å². The van der Waals surface area contributed by atoms with Crippen molar-refractivity contribution < 1.29 is 0 Å². The number of nitrogens with zero attached hydrogens (tertiary/aromatic N) is 3. The Labute approximate surface area is 112 Å². The lowest BCUT2D eigenvalue weighted by molar-refractivity contribution is 0.461. The fraction of sp³-hybridized carbons (Fsp3) is 0.500. The fourth-order valence-corrected chi connectivity index (χ4v) is 2.67. The van der Waals surface area contributed by atoms with Crippen LogP contribution in [-0.2, 0) is 0 Å². The molecule has 1 saturated carbocycles. The number of pyridine rings is 1. The number of nitrogens with one attached hydrogen (secondary N) is 1. The standard InChI is InChI=1S/C14H19N5/c1-9-7-16-13(15)11-8-17-14(19-12(9)11)18-10-5-3-2-4-6-10/h7-8,10H,2-6H2,1H3,(H2,15,16)(H,17,18,19). The zero-order valence-electron chi connectivity index (χ0n) is 11.2. The molecule has 0 atom stereocenters. The highest BCUT2D eigenvalue weighted by Crippen LogP contribution is 2.23. The molecule has 0 radical (unpaired) electrons. The minimum Gasteiger partial charge on any atom is -0.383 e. The summed E-state index contributed by atoms with van der Waals surface area (Å²) in [4.78, 5) is 13.1. The van der Waals surface area contributed by atoms with Gasteiger partial charge in [-0.25, -0.2) is 15.0 Å². The second kappa shape index (κ2) is 4.99. The van der Waals surface area contributed by atoms with Gasteiger partial charge in [-0.05, 0) is 25.3 Å². The summed E-state index contributed by atoms with van der Waals surface area (Å²) in [7, 11) is 0. The van der Waals surface area contributed by atoms with Gasteiger partial charge in [0.05, 0.1) is 10.9 Å². The van der Waals surface area contributed by atoms with E-state index in [9.17, 15) is 0 Å². The molecular formula is C14H19N5. The molecule has 3 rings (SSSR count). The van der Waals surface area contributed by atoms with Crippen LogP contribution in [0.1, 0.15) is 37.7 Å². The molecule has 2 heterocycles. The van der Waals surface area contributed by atoms with Crippen molar-refractivity contribution in [1.29, 1.82) is 0 Å². The second-order valence-corrected chi connectivity index (χ2v) is 5.26. The third-order valence-corrected chi connectivity index (χ3v) is 3.77. The van der Waals surface area contributed by atoms with Crippen LogP contribution in [-0.4, -0.2) is 21.0 Å². The fourth-order valence-electron chi connectivity index (χ4n) is 2.67. The number of nitrogen functional groups attached to an aromatic ring is 1. The Morgan fingerprint density at radius 3 is 2.74 bits per heavy atom. The van der Waals surface area contributed by atoms with Gasteiger partial charge in [-0.15, -0.1) is 0 Å². The van der Waals surface area contributed by atoms with E-state index >= 15 is 0 Å². The predicted octanol–water partition coefficient (Wildman–Crippen LogP) is 2.66.